The van der Waals surface area contributed by atoms with E-state index in [9.17, 15) is 14.0 Å². The number of aliphatic carboxylic acids is 1. The molecule has 1 fully saturated rings. The van der Waals surface area contributed by atoms with Gasteiger partial charge in [-0.3, -0.25) is 9.59 Å². The molecule has 1 aromatic carbocycles. The van der Waals surface area contributed by atoms with Gasteiger partial charge in [0.2, 0.25) is 0 Å². The predicted molar refractivity (Wildman–Crippen MR) is 87.5 cm³/mol. The quantitative estimate of drug-likeness (QED) is 0.820. The number of likely N-dealkylation sites (tertiary alicyclic amines) is 1. The van der Waals surface area contributed by atoms with Crippen LogP contribution in [0.25, 0.3) is 0 Å². The molecule has 1 saturated heterocycles. The second-order valence-corrected chi connectivity index (χ2v) is 5.86. The van der Waals surface area contributed by atoms with Crippen molar-refractivity contribution in [2.75, 3.05) is 38.3 Å². The standard InChI is InChI=1S/C17H23FN2O4/c1-24-12-16(21)20(15-5-3-2-4-14(15)18)13-6-9-19(10-7-13)11-8-17(22)23/h2-5,13H,6-12H2,1H3,(H,22,23). The lowest BCUT2D eigenvalue weighted by atomic mass is 10.0. The highest BCUT2D eigenvalue weighted by Crippen LogP contribution is 2.26. The maximum absolute atomic E-state index is 14.2. The van der Waals surface area contributed by atoms with Crippen LogP contribution >= 0.6 is 0 Å². The number of hydrogen-bond donors (Lipinski definition) is 1. The number of nitrogens with zero attached hydrogens (tertiary/aromatic N) is 2. The van der Waals surface area contributed by atoms with Crippen molar-refractivity contribution in [1.82, 2.24) is 4.90 Å². The second kappa shape index (κ2) is 8.75. The Balaban J connectivity index is 2.08. The van der Waals surface area contributed by atoms with Crippen LogP contribution in [-0.4, -0.2) is 61.3 Å². The zero-order chi connectivity index (χ0) is 17.5. The fourth-order valence-corrected chi connectivity index (χ4v) is 3.03. The number of para-hydroxylation sites is 1. The summed E-state index contributed by atoms with van der Waals surface area (Å²) in [4.78, 5) is 26.7. The molecule has 0 radical (unpaired) electrons. The Morgan fingerprint density at radius 1 is 1.33 bits per heavy atom. The van der Waals surface area contributed by atoms with E-state index in [1.807, 2.05) is 0 Å². The van der Waals surface area contributed by atoms with E-state index in [0.29, 0.717) is 32.5 Å². The number of carboxylic acids is 1. The van der Waals surface area contributed by atoms with Crippen LogP contribution in [-0.2, 0) is 14.3 Å². The van der Waals surface area contributed by atoms with Gasteiger partial charge in [0.25, 0.3) is 5.91 Å². The van der Waals surface area contributed by atoms with E-state index in [1.54, 1.807) is 18.2 Å². The Labute approximate surface area is 140 Å². The minimum Gasteiger partial charge on any atom is -0.481 e. The van der Waals surface area contributed by atoms with Gasteiger partial charge < -0.3 is 19.6 Å². The monoisotopic (exact) mass is 338 g/mol. The minimum atomic E-state index is -0.819. The normalized spacial score (nSPS) is 16.1. The first kappa shape index (κ1) is 18.4. The van der Waals surface area contributed by atoms with Gasteiger partial charge in [0, 0.05) is 32.8 Å². The van der Waals surface area contributed by atoms with Crippen molar-refractivity contribution in [3.05, 3.63) is 30.1 Å². The van der Waals surface area contributed by atoms with Crippen LogP contribution in [0.4, 0.5) is 10.1 Å². The molecular weight excluding hydrogens is 315 g/mol. The smallest absolute Gasteiger partial charge is 0.304 e. The third kappa shape index (κ3) is 4.75. The maximum atomic E-state index is 14.2. The van der Waals surface area contributed by atoms with Gasteiger partial charge in [-0.2, -0.15) is 0 Å². The first-order valence-electron chi connectivity index (χ1n) is 8.02. The highest BCUT2D eigenvalue weighted by molar-refractivity contribution is 5.95. The van der Waals surface area contributed by atoms with Crippen LogP contribution in [0.2, 0.25) is 0 Å². The molecule has 1 heterocycles. The maximum Gasteiger partial charge on any atom is 0.304 e. The first-order chi connectivity index (χ1) is 11.5. The molecule has 0 bridgehead atoms. The molecule has 0 aliphatic carbocycles. The number of carbonyl (C=O) groups is 2. The van der Waals surface area contributed by atoms with Gasteiger partial charge >= 0.3 is 5.97 Å². The summed E-state index contributed by atoms with van der Waals surface area (Å²) in [5.41, 5.74) is 0.267. The van der Waals surface area contributed by atoms with Gasteiger partial charge in [0.15, 0.2) is 0 Å². The number of hydrogen-bond acceptors (Lipinski definition) is 4. The molecule has 1 amide bonds. The van der Waals surface area contributed by atoms with Gasteiger partial charge in [0.1, 0.15) is 12.4 Å². The number of carboxylic acid groups (broad SMARTS) is 1. The zero-order valence-corrected chi connectivity index (χ0v) is 13.8. The molecule has 1 N–H and O–H groups in total. The summed E-state index contributed by atoms with van der Waals surface area (Å²) in [6.07, 6.45) is 1.44. The number of piperidine rings is 1. The Bertz CT molecular complexity index is 573. The van der Waals surface area contributed by atoms with Crippen LogP contribution in [0.5, 0.6) is 0 Å². The van der Waals surface area contributed by atoms with Gasteiger partial charge in [-0.1, -0.05) is 12.1 Å². The lowest BCUT2D eigenvalue weighted by molar-refractivity contribution is -0.137. The SMILES string of the molecule is COCC(=O)N(c1ccccc1F)C1CCN(CCC(=O)O)CC1. The van der Waals surface area contributed by atoms with Crippen LogP contribution in [0.1, 0.15) is 19.3 Å². The van der Waals surface area contributed by atoms with Crippen LogP contribution in [0.3, 0.4) is 0 Å². The number of rotatable bonds is 7. The average Bonchev–Trinajstić information content (AvgIpc) is 2.56. The molecule has 7 heteroatoms. The van der Waals surface area contributed by atoms with Crippen molar-refractivity contribution >= 4 is 17.6 Å². The fourth-order valence-electron chi connectivity index (χ4n) is 3.03. The molecule has 6 nitrogen and oxygen atoms in total. The molecule has 0 saturated carbocycles. The summed E-state index contributed by atoms with van der Waals surface area (Å²) in [5, 5.41) is 8.76. The number of anilines is 1. The number of methoxy groups -OCH3 is 1. The fraction of sp³-hybridized carbons (Fsp3) is 0.529. The number of carbonyl (C=O) groups excluding carboxylic acids is 1. The Hall–Kier alpha value is -1.99. The van der Waals surface area contributed by atoms with Crippen molar-refractivity contribution in [3.63, 3.8) is 0 Å². The highest BCUT2D eigenvalue weighted by Gasteiger charge is 2.30. The van der Waals surface area contributed by atoms with E-state index in [0.717, 1.165) is 0 Å². The molecule has 24 heavy (non-hydrogen) atoms. The molecule has 0 atom stereocenters. The number of amides is 1. The van der Waals surface area contributed by atoms with Crippen molar-refractivity contribution in [2.45, 2.75) is 25.3 Å². The third-order valence-corrected chi connectivity index (χ3v) is 4.21. The molecule has 0 aromatic heterocycles. The summed E-state index contributed by atoms with van der Waals surface area (Å²) in [6.45, 7) is 1.76. The van der Waals surface area contributed by atoms with E-state index in [2.05, 4.69) is 4.90 Å². The Morgan fingerprint density at radius 3 is 2.58 bits per heavy atom. The summed E-state index contributed by atoms with van der Waals surface area (Å²) < 4.78 is 19.1. The van der Waals surface area contributed by atoms with Crippen LogP contribution in [0, 0.1) is 5.82 Å². The van der Waals surface area contributed by atoms with Gasteiger partial charge in [-0.15, -0.1) is 0 Å². The molecule has 1 aliphatic rings. The van der Waals surface area contributed by atoms with Gasteiger partial charge in [-0.25, -0.2) is 4.39 Å². The van der Waals surface area contributed by atoms with Crippen molar-refractivity contribution < 1.29 is 23.8 Å². The van der Waals surface area contributed by atoms with Crippen molar-refractivity contribution in [1.29, 1.82) is 0 Å². The highest BCUT2D eigenvalue weighted by atomic mass is 19.1. The average molecular weight is 338 g/mol. The minimum absolute atomic E-state index is 0.101. The molecule has 132 valence electrons. The number of benzene rings is 1. The zero-order valence-electron chi connectivity index (χ0n) is 13.8. The second-order valence-electron chi connectivity index (χ2n) is 5.86. The number of halogens is 1. The summed E-state index contributed by atoms with van der Waals surface area (Å²) in [7, 11) is 1.44. The lowest BCUT2D eigenvalue weighted by Gasteiger charge is -2.38. The van der Waals surface area contributed by atoms with E-state index in [4.69, 9.17) is 9.84 Å². The van der Waals surface area contributed by atoms with Gasteiger partial charge in [0.05, 0.1) is 12.1 Å². The van der Waals surface area contributed by atoms with E-state index < -0.39 is 11.8 Å². The summed E-state index contributed by atoms with van der Waals surface area (Å²) in [5.74, 6) is -1.53. The topological polar surface area (TPSA) is 70.1 Å². The van der Waals surface area contributed by atoms with Gasteiger partial charge in [-0.05, 0) is 25.0 Å². The van der Waals surface area contributed by atoms with E-state index >= 15 is 0 Å². The van der Waals surface area contributed by atoms with Crippen LogP contribution < -0.4 is 4.90 Å². The molecule has 2 rings (SSSR count). The molecule has 0 spiro atoms. The molecule has 1 aromatic rings. The first-order valence-corrected chi connectivity index (χ1v) is 8.02. The van der Waals surface area contributed by atoms with E-state index in [1.165, 1.54) is 18.1 Å². The Morgan fingerprint density at radius 2 is 2.00 bits per heavy atom. The summed E-state index contributed by atoms with van der Waals surface area (Å²) >= 11 is 0. The van der Waals surface area contributed by atoms with Crippen molar-refractivity contribution in [2.24, 2.45) is 0 Å². The molecule has 0 unspecified atom stereocenters. The van der Waals surface area contributed by atoms with Crippen molar-refractivity contribution in [3.8, 4) is 0 Å². The number of ether oxygens (including phenoxy) is 1. The summed E-state index contributed by atoms with van der Waals surface area (Å²) in [6, 6.07) is 6.11. The predicted octanol–water partition coefficient (Wildman–Crippen LogP) is 1.74. The largest absolute Gasteiger partial charge is 0.481 e. The molecule has 1 aliphatic heterocycles. The Kier molecular flexibility index (Phi) is 6.69. The van der Waals surface area contributed by atoms with Crippen LogP contribution in [0.15, 0.2) is 24.3 Å². The molecular formula is C17H23FN2O4. The third-order valence-electron chi connectivity index (χ3n) is 4.21. The lowest BCUT2D eigenvalue weighted by Crippen LogP contribution is -2.49. The van der Waals surface area contributed by atoms with E-state index in [-0.39, 0.29) is 30.7 Å².